The van der Waals surface area contributed by atoms with E-state index < -0.39 is 18.0 Å². The predicted octanol–water partition coefficient (Wildman–Crippen LogP) is 4.00. The second-order valence-corrected chi connectivity index (χ2v) is 8.48. The van der Waals surface area contributed by atoms with Crippen LogP contribution in [0.4, 0.5) is 13.2 Å². The Morgan fingerprint density at radius 2 is 1.90 bits per heavy atom. The first-order valence-electron chi connectivity index (χ1n) is 10.0. The molecule has 0 spiro atoms. The molecule has 1 saturated carbocycles. The molecule has 1 saturated heterocycles. The number of pyridine rings is 1. The van der Waals surface area contributed by atoms with Gasteiger partial charge < -0.3 is 9.30 Å². The van der Waals surface area contributed by atoms with Gasteiger partial charge in [0, 0.05) is 51.0 Å². The summed E-state index contributed by atoms with van der Waals surface area (Å²) in [6.45, 7) is 3.14. The highest BCUT2D eigenvalue weighted by molar-refractivity contribution is 6.30. The van der Waals surface area contributed by atoms with Crippen molar-refractivity contribution in [1.82, 2.24) is 19.2 Å². The summed E-state index contributed by atoms with van der Waals surface area (Å²) in [6.07, 6.45) is 0.669. The van der Waals surface area contributed by atoms with Crippen LogP contribution in [0.1, 0.15) is 31.4 Å². The summed E-state index contributed by atoms with van der Waals surface area (Å²) in [5.74, 6) is -1.94. The maximum atomic E-state index is 13.0. The van der Waals surface area contributed by atoms with Crippen molar-refractivity contribution in [3.63, 3.8) is 0 Å². The van der Waals surface area contributed by atoms with Gasteiger partial charge in [0.15, 0.2) is 0 Å². The summed E-state index contributed by atoms with van der Waals surface area (Å²) in [7, 11) is 0. The van der Waals surface area contributed by atoms with E-state index in [9.17, 15) is 18.0 Å². The molecule has 29 heavy (non-hydrogen) atoms. The van der Waals surface area contributed by atoms with Gasteiger partial charge in [-0.1, -0.05) is 18.0 Å². The first kappa shape index (κ1) is 20.5. The lowest BCUT2D eigenvalue weighted by Crippen LogP contribution is -2.50. The number of carbonyl (C=O) groups excluding carboxylic acids is 1. The van der Waals surface area contributed by atoms with E-state index in [0.29, 0.717) is 50.6 Å². The maximum Gasteiger partial charge on any atom is 0.391 e. The molecule has 2 fully saturated rings. The van der Waals surface area contributed by atoms with Gasteiger partial charge in [0.25, 0.3) is 0 Å². The number of fused-ring (bicyclic) bond motifs is 1. The number of amides is 1. The van der Waals surface area contributed by atoms with Gasteiger partial charge in [-0.25, -0.2) is 4.98 Å². The van der Waals surface area contributed by atoms with Crippen molar-refractivity contribution in [2.75, 3.05) is 26.2 Å². The van der Waals surface area contributed by atoms with Crippen molar-refractivity contribution in [1.29, 1.82) is 0 Å². The fourth-order valence-electron chi connectivity index (χ4n) is 4.42. The number of rotatable bonds is 3. The lowest BCUT2D eigenvalue weighted by Gasteiger charge is -2.38. The summed E-state index contributed by atoms with van der Waals surface area (Å²) in [5, 5.41) is 0.643. The van der Waals surface area contributed by atoms with Crippen molar-refractivity contribution >= 4 is 23.2 Å². The van der Waals surface area contributed by atoms with Crippen LogP contribution < -0.4 is 0 Å². The molecule has 0 bridgehead atoms. The number of halogens is 4. The Bertz CT molecular complexity index is 876. The standard InChI is InChI=1S/C20H24ClF3N4O/c21-16-4-5-18-25-17(13-28(18)11-16)12-26-6-8-27(9-7-26)19(29)14-2-1-3-15(10-14)20(22,23)24/h4-5,11,13-15H,1-3,6-10,12H2. The number of carbonyl (C=O) groups is 1. The third-order valence-electron chi connectivity index (χ3n) is 6.02. The smallest absolute Gasteiger partial charge is 0.340 e. The Balaban J connectivity index is 1.31. The zero-order valence-corrected chi connectivity index (χ0v) is 16.8. The van der Waals surface area contributed by atoms with Crippen LogP contribution in [-0.4, -0.2) is 57.4 Å². The predicted molar refractivity (Wildman–Crippen MR) is 104 cm³/mol. The van der Waals surface area contributed by atoms with E-state index in [-0.39, 0.29) is 18.7 Å². The zero-order valence-electron chi connectivity index (χ0n) is 16.0. The number of piperazine rings is 1. The molecular weight excluding hydrogens is 405 g/mol. The topological polar surface area (TPSA) is 40.9 Å². The molecule has 0 radical (unpaired) electrons. The van der Waals surface area contributed by atoms with E-state index in [1.165, 1.54) is 0 Å². The number of nitrogens with zero attached hydrogens (tertiary/aromatic N) is 4. The number of hydrogen-bond acceptors (Lipinski definition) is 3. The second kappa shape index (κ2) is 8.14. The van der Waals surface area contributed by atoms with E-state index in [1.807, 2.05) is 22.9 Å². The van der Waals surface area contributed by atoms with Gasteiger partial charge in [0.05, 0.1) is 16.6 Å². The van der Waals surface area contributed by atoms with Crippen LogP contribution in [0.15, 0.2) is 24.5 Å². The van der Waals surface area contributed by atoms with Gasteiger partial charge in [0.1, 0.15) is 5.65 Å². The van der Waals surface area contributed by atoms with Crippen molar-refractivity contribution in [2.45, 2.75) is 38.4 Å². The fourth-order valence-corrected chi connectivity index (χ4v) is 4.59. The molecule has 2 unspecified atom stereocenters. The quantitative estimate of drug-likeness (QED) is 0.742. The third-order valence-corrected chi connectivity index (χ3v) is 6.24. The first-order valence-corrected chi connectivity index (χ1v) is 10.4. The molecule has 1 aliphatic heterocycles. The van der Waals surface area contributed by atoms with Gasteiger partial charge in [-0.3, -0.25) is 9.69 Å². The molecular formula is C20H24ClF3N4O. The maximum absolute atomic E-state index is 13.0. The van der Waals surface area contributed by atoms with Crippen molar-refractivity contribution in [2.24, 2.45) is 11.8 Å². The molecule has 1 aliphatic carbocycles. The van der Waals surface area contributed by atoms with E-state index in [1.54, 1.807) is 11.0 Å². The Kier molecular flexibility index (Phi) is 5.75. The van der Waals surface area contributed by atoms with Crippen molar-refractivity contribution in [3.8, 4) is 0 Å². The average molecular weight is 429 g/mol. The summed E-state index contributed by atoms with van der Waals surface area (Å²) in [6, 6.07) is 3.66. The Labute approximate surface area is 172 Å². The number of imidazole rings is 1. The molecule has 2 aromatic rings. The lowest BCUT2D eigenvalue weighted by molar-refractivity contribution is -0.187. The Morgan fingerprint density at radius 1 is 1.14 bits per heavy atom. The normalized spacial score (nSPS) is 24.2. The van der Waals surface area contributed by atoms with Gasteiger partial charge in [-0.2, -0.15) is 13.2 Å². The van der Waals surface area contributed by atoms with E-state index in [0.717, 1.165) is 11.3 Å². The number of aromatic nitrogens is 2. The van der Waals surface area contributed by atoms with Crippen LogP contribution in [0.2, 0.25) is 5.02 Å². The fraction of sp³-hybridized carbons (Fsp3) is 0.600. The lowest BCUT2D eigenvalue weighted by atomic mass is 9.80. The molecule has 4 rings (SSSR count). The Hall–Kier alpha value is -1.80. The van der Waals surface area contributed by atoms with E-state index in [2.05, 4.69) is 9.88 Å². The number of alkyl halides is 3. The first-order chi connectivity index (χ1) is 13.8. The minimum Gasteiger partial charge on any atom is -0.340 e. The van der Waals surface area contributed by atoms with Crippen LogP contribution >= 0.6 is 11.6 Å². The summed E-state index contributed by atoms with van der Waals surface area (Å²) >= 11 is 6.00. The van der Waals surface area contributed by atoms with Crippen LogP contribution in [0, 0.1) is 11.8 Å². The largest absolute Gasteiger partial charge is 0.391 e. The van der Waals surface area contributed by atoms with E-state index in [4.69, 9.17) is 11.6 Å². The number of hydrogen-bond donors (Lipinski definition) is 0. The monoisotopic (exact) mass is 428 g/mol. The third kappa shape index (κ3) is 4.69. The molecule has 2 aliphatic rings. The van der Waals surface area contributed by atoms with Gasteiger partial charge >= 0.3 is 6.18 Å². The Morgan fingerprint density at radius 3 is 2.62 bits per heavy atom. The molecule has 0 aromatic carbocycles. The van der Waals surface area contributed by atoms with Crippen LogP contribution in [0.5, 0.6) is 0 Å². The van der Waals surface area contributed by atoms with Crippen LogP contribution in [-0.2, 0) is 11.3 Å². The summed E-state index contributed by atoms with van der Waals surface area (Å²) in [4.78, 5) is 21.3. The SMILES string of the molecule is O=C(C1CCCC(C(F)(F)F)C1)N1CCN(Cc2cn3cc(Cl)ccc3n2)CC1. The molecule has 5 nitrogen and oxygen atoms in total. The highest BCUT2D eigenvalue weighted by Gasteiger charge is 2.44. The molecule has 9 heteroatoms. The van der Waals surface area contributed by atoms with Gasteiger partial charge in [-0.05, 0) is 31.4 Å². The van der Waals surface area contributed by atoms with Crippen LogP contribution in [0.25, 0.3) is 5.65 Å². The van der Waals surface area contributed by atoms with Crippen molar-refractivity contribution in [3.05, 3.63) is 35.2 Å². The van der Waals surface area contributed by atoms with Crippen LogP contribution in [0.3, 0.4) is 0 Å². The minimum atomic E-state index is -4.20. The molecule has 2 aromatic heterocycles. The summed E-state index contributed by atoms with van der Waals surface area (Å²) in [5.41, 5.74) is 1.75. The van der Waals surface area contributed by atoms with Gasteiger partial charge in [-0.15, -0.1) is 0 Å². The minimum absolute atomic E-state index is 0.0631. The molecule has 3 heterocycles. The second-order valence-electron chi connectivity index (χ2n) is 8.05. The molecule has 1 amide bonds. The van der Waals surface area contributed by atoms with E-state index >= 15 is 0 Å². The highest BCUT2D eigenvalue weighted by atomic mass is 35.5. The average Bonchev–Trinajstić information content (AvgIpc) is 3.09. The highest BCUT2D eigenvalue weighted by Crippen LogP contribution is 2.40. The zero-order chi connectivity index (χ0) is 20.6. The van der Waals surface area contributed by atoms with Crippen molar-refractivity contribution < 1.29 is 18.0 Å². The molecule has 2 atom stereocenters. The molecule has 0 N–H and O–H groups in total. The summed E-state index contributed by atoms with van der Waals surface area (Å²) < 4.78 is 41.0. The van der Waals surface area contributed by atoms with Gasteiger partial charge in [0.2, 0.25) is 5.91 Å². The molecule has 158 valence electrons.